The number of aryl methyl sites for hydroxylation is 4. The van der Waals surface area contributed by atoms with Crippen LogP contribution in [0.4, 0.5) is 0 Å². The lowest BCUT2D eigenvalue weighted by Crippen LogP contribution is -2.15. The van der Waals surface area contributed by atoms with Crippen molar-refractivity contribution < 1.29 is 0 Å². The summed E-state index contributed by atoms with van der Waals surface area (Å²) < 4.78 is 0. The molecule has 2 aromatic rings. The molecule has 0 aliphatic carbocycles. The van der Waals surface area contributed by atoms with Crippen LogP contribution in [0.3, 0.4) is 0 Å². The van der Waals surface area contributed by atoms with Crippen LogP contribution >= 0.6 is 11.3 Å². The van der Waals surface area contributed by atoms with E-state index >= 15 is 0 Å². The Kier molecular flexibility index (Phi) is 4.55. The molecule has 98 valence electrons. The smallest absolute Gasteiger partial charge is 0.0522 e. The fraction of sp³-hybridized carbons (Fsp3) is 0.500. The molecule has 0 aliphatic rings. The minimum atomic E-state index is 0.987. The molecular weight excluding hydrogens is 242 g/mol. The van der Waals surface area contributed by atoms with Crippen LogP contribution in [0.1, 0.15) is 33.0 Å². The molecule has 0 saturated heterocycles. The van der Waals surface area contributed by atoms with E-state index in [1.165, 1.54) is 26.6 Å². The molecular formula is C14H21N3S. The van der Waals surface area contributed by atoms with Crippen molar-refractivity contribution in [2.24, 2.45) is 0 Å². The fourth-order valence-electron chi connectivity index (χ4n) is 2.11. The van der Waals surface area contributed by atoms with Crippen LogP contribution < -0.4 is 5.32 Å². The quantitative estimate of drug-likeness (QED) is 0.786. The number of rotatable bonds is 6. The standard InChI is InChI=1S/C14H21N3S/c1-10-7-14(12(3)18-10)8-15-6-4-5-13-9-16-17-11(13)2/h7,9,15H,4-6,8H2,1-3H3,(H,16,17). The minimum Gasteiger partial charge on any atom is -0.313 e. The zero-order valence-electron chi connectivity index (χ0n) is 11.3. The van der Waals surface area contributed by atoms with Gasteiger partial charge in [-0.25, -0.2) is 0 Å². The van der Waals surface area contributed by atoms with Crippen LogP contribution in [0.2, 0.25) is 0 Å². The first-order chi connectivity index (χ1) is 8.66. The van der Waals surface area contributed by atoms with Gasteiger partial charge in [0.1, 0.15) is 0 Å². The van der Waals surface area contributed by atoms with Gasteiger partial charge in [0.05, 0.1) is 6.20 Å². The third kappa shape index (κ3) is 3.43. The average Bonchev–Trinajstić information content (AvgIpc) is 2.86. The molecule has 4 heteroatoms. The van der Waals surface area contributed by atoms with Gasteiger partial charge in [-0.15, -0.1) is 11.3 Å². The number of thiophene rings is 1. The summed E-state index contributed by atoms with van der Waals surface area (Å²) in [7, 11) is 0. The maximum atomic E-state index is 4.04. The predicted molar refractivity (Wildman–Crippen MR) is 77.1 cm³/mol. The van der Waals surface area contributed by atoms with Crippen molar-refractivity contribution in [2.45, 2.75) is 40.2 Å². The molecule has 0 saturated carbocycles. The Bertz CT molecular complexity index is 499. The van der Waals surface area contributed by atoms with E-state index < -0.39 is 0 Å². The zero-order valence-corrected chi connectivity index (χ0v) is 12.2. The molecule has 3 nitrogen and oxygen atoms in total. The highest BCUT2D eigenvalue weighted by molar-refractivity contribution is 7.12. The highest BCUT2D eigenvalue weighted by atomic mass is 32.1. The second kappa shape index (κ2) is 6.16. The summed E-state index contributed by atoms with van der Waals surface area (Å²) in [5.74, 6) is 0. The van der Waals surface area contributed by atoms with Crippen LogP contribution in [0, 0.1) is 20.8 Å². The first kappa shape index (κ1) is 13.3. The van der Waals surface area contributed by atoms with Crippen molar-refractivity contribution in [3.05, 3.63) is 38.8 Å². The van der Waals surface area contributed by atoms with Crippen LogP contribution in [0.5, 0.6) is 0 Å². The van der Waals surface area contributed by atoms with Gasteiger partial charge in [-0.3, -0.25) is 5.10 Å². The molecule has 0 amide bonds. The zero-order chi connectivity index (χ0) is 13.0. The Morgan fingerprint density at radius 2 is 2.11 bits per heavy atom. The van der Waals surface area contributed by atoms with Gasteiger partial charge in [-0.1, -0.05) is 0 Å². The Hall–Kier alpha value is -1.13. The van der Waals surface area contributed by atoms with Crippen LogP contribution in [0.15, 0.2) is 12.3 Å². The first-order valence-electron chi connectivity index (χ1n) is 6.42. The van der Waals surface area contributed by atoms with Crippen molar-refractivity contribution in [2.75, 3.05) is 6.54 Å². The number of nitrogens with one attached hydrogen (secondary N) is 2. The molecule has 2 aromatic heterocycles. The molecule has 0 bridgehead atoms. The average molecular weight is 263 g/mol. The predicted octanol–water partition coefficient (Wildman–Crippen LogP) is 3.12. The van der Waals surface area contributed by atoms with Gasteiger partial charge in [0.15, 0.2) is 0 Å². The molecule has 2 N–H and O–H groups in total. The maximum Gasteiger partial charge on any atom is 0.0522 e. The molecule has 2 heterocycles. The van der Waals surface area contributed by atoms with E-state index in [-0.39, 0.29) is 0 Å². The summed E-state index contributed by atoms with van der Waals surface area (Å²) in [4.78, 5) is 2.84. The molecule has 0 atom stereocenters. The van der Waals surface area contributed by atoms with E-state index in [0.717, 1.165) is 25.9 Å². The van der Waals surface area contributed by atoms with Gasteiger partial charge >= 0.3 is 0 Å². The van der Waals surface area contributed by atoms with Crippen molar-refractivity contribution in [1.29, 1.82) is 0 Å². The van der Waals surface area contributed by atoms with Gasteiger partial charge in [-0.2, -0.15) is 5.10 Å². The Balaban J connectivity index is 1.67. The lowest BCUT2D eigenvalue weighted by molar-refractivity contribution is 0.648. The molecule has 18 heavy (non-hydrogen) atoms. The number of hydrogen-bond donors (Lipinski definition) is 2. The summed E-state index contributed by atoms with van der Waals surface area (Å²) in [6, 6.07) is 2.28. The Morgan fingerprint density at radius 1 is 1.28 bits per heavy atom. The summed E-state index contributed by atoms with van der Waals surface area (Å²) in [6.45, 7) is 8.49. The van der Waals surface area contributed by atoms with Crippen LogP contribution in [-0.2, 0) is 13.0 Å². The van der Waals surface area contributed by atoms with E-state index in [2.05, 4.69) is 42.4 Å². The van der Waals surface area contributed by atoms with Gasteiger partial charge in [0, 0.05) is 22.0 Å². The molecule has 0 aromatic carbocycles. The van der Waals surface area contributed by atoms with Crippen LogP contribution in [0.25, 0.3) is 0 Å². The number of aromatic amines is 1. The topological polar surface area (TPSA) is 40.7 Å². The fourth-order valence-corrected chi connectivity index (χ4v) is 3.06. The molecule has 0 unspecified atom stereocenters. The van der Waals surface area contributed by atoms with E-state index in [4.69, 9.17) is 0 Å². The monoisotopic (exact) mass is 263 g/mol. The third-order valence-electron chi connectivity index (χ3n) is 3.19. The molecule has 0 spiro atoms. The van der Waals surface area contributed by atoms with Gasteiger partial charge in [0.2, 0.25) is 0 Å². The molecule has 0 aliphatic heterocycles. The minimum absolute atomic E-state index is 0.987. The van der Waals surface area contributed by atoms with Crippen molar-refractivity contribution in [3.63, 3.8) is 0 Å². The highest BCUT2D eigenvalue weighted by Crippen LogP contribution is 2.20. The molecule has 2 rings (SSSR count). The van der Waals surface area contributed by atoms with Gasteiger partial charge < -0.3 is 5.32 Å². The highest BCUT2D eigenvalue weighted by Gasteiger charge is 2.02. The maximum absolute atomic E-state index is 4.04. The largest absolute Gasteiger partial charge is 0.313 e. The number of H-pyrrole nitrogens is 1. The second-order valence-electron chi connectivity index (χ2n) is 4.74. The molecule has 0 radical (unpaired) electrons. The number of nitrogens with zero attached hydrogens (tertiary/aromatic N) is 1. The van der Waals surface area contributed by atoms with E-state index in [0.29, 0.717) is 0 Å². The summed E-state index contributed by atoms with van der Waals surface area (Å²) in [5, 5.41) is 10.5. The van der Waals surface area contributed by atoms with E-state index in [9.17, 15) is 0 Å². The molecule has 0 fully saturated rings. The number of aromatic nitrogens is 2. The van der Waals surface area contributed by atoms with Crippen molar-refractivity contribution in [3.8, 4) is 0 Å². The Labute approximate surface area is 113 Å². The van der Waals surface area contributed by atoms with E-state index in [1.54, 1.807) is 0 Å². The second-order valence-corrected chi connectivity index (χ2v) is 6.20. The summed E-state index contributed by atoms with van der Waals surface area (Å²) in [6.07, 6.45) is 4.18. The lowest BCUT2D eigenvalue weighted by Gasteiger charge is -2.04. The van der Waals surface area contributed by atoms with Gasteiger partial charge in [0.25, 0.3) is 0 Å². The van der Waals surface area contributed by atoms with Gasteiger partial charge in [-0.05, 0) is 57.4 Å². The summed E-state index contributed by atoms with van der Waals surface area (Å²) in [5.41, 5.74) is 3.97. The van der Waals surface area contributed by atoms with E-state index in [1.807, 2.05) is 17.5 Å². The summed E-state index contributed by atoms with van der Waals surface area (Å²) >= 11 is 1.88. The third-order valence-corrected chi connectivity index (χ3v) is 4.20. The number of hydrogen-bond acceptors (Lipinski definition) is 3. The first-order valence-corrected chi connectivity index (χ1v) is 7.24. The van der Waals surface area contributed by atoms with Crippen molar-refractivity contribution in [1.82, 2.24) is 15.5 Å². The Morgan fingerprint density at radius 3 is 2.72 bits per heavy atom. The normalized spacial score (nSPS) is 11.1. The van der Waals surface area contributed by atoms with Crippen molar-refractivity contribution >= 4 is 11.3 Å². The lowest BCUT2D eigenvalue weighted by atomic mass is 10.1. The SMILES string of the molecule is Cc1cc(CNCCCc2cn[nH]c2C)c(C)s1. The van der Waals surface area contributed by atoms with Crippen LogP contribution in [-0.4, -0.2) is 16.7 Å².